The van der Waals surface area contributed by atoms with Crippen molar-refractivity contribution in [1.82, 2.24) is 0 Å². The van der Waals surface area contributed by atoms with E-state index in [0.717, 1.165) is 5.69 Å². The molecule has 9 aromatic carbocycles. The van der Waals surface area contributed by atoms with Gasteiger partial charge in [-0.05, 0) is 124 Å². The van der Waals surface area contributed by atoms with E-state index >= 15 is 0 Å². The van der Waals surface area contributed by atoms with E-state index in [1.54, 1.807) is 0 Å². The molecule has 0 amide bonds. The fourth-order valence-electron chi connectivity index (χ4n) is 11.6. The lowest BCUT2D eigenvalue weighted by molar-refractivity contribution is 0.660. The van der Waals surface area contributed by atoms with E-state index in [1.165, 1.54) is 98.9 Å². The first kappa shape index (κ1) is 36.8. The molecule has 2 aliphatic carbocycles. The van der Waals surface area contributed by atoms with Crippen molar-refractivity contribution in [3.8, 4) is 44.5 Å². The zero-order valence-electron chi connectivity index (χ0n) is 35.7. The van der Waals surface area contributed by atoms with Gasteiger partial charge in [0.05, 0.1) is 0 Å². The summed E-state index contributed by atoms with van der Waals surface area (Å²) in [6.45, 7) is 9.50. The second-order valence-corrected chi connectivity index (χ2v) is 22.2. The summed E-state index contributed by atoms with van der Waals surface area (Å²) >= 11 is 0. The average molecular weight is 810 g/mol. The van der Waals surface area contributed by atoms with Crippen LogP contribution in [0.25, 0.3) is 44.5 Å². The van der Waals surface area contributed by atoms with Gasteiger partial charge < -0.3 is 4.90 Å². The summed E-state index contributed by atoms with van der Waals surface area (Å²) in [5.74, 6) is 0. The molecule has 3 aliphatic rings. The summed E-state index contributed by atoms with van der Waals surface area (Å²) in [6, 6.07) is 80.4. The third kappa shape index (κ3) is 5.08. The first-order chi connectivity index (χ1) is 30.3. The van der Waals surface area contributed by atoms with Gasteiger partial charge in [0.15, 0.2) is 8.07 Å². The maximum Gasteiger partial charge on any atom is 0.180 e. The SMILES string of the molecule is CC1(C)c2ccccc2-c2ccc(N(c3ccc(-c4cccc5c4-c4ccccc4[Si]5(c4ccccc4)c4ccccc4)cc3)c3ccc4c(c3)C(C)(C)c3ccccc3-4)cc21. The summed E-state index contributed by atoms with van der Waals surface area (Å²) in [4.78, 5) is 2.48. The smallest absolute Gasteiger partial charge is 0.180 e. The van der Waals surface area contributed by atoms with Crippen molar-refractivity contribution >= 4 is 45.9 Å². The second kappa shape index (κ2) is 13.5. The van der Waals surface area contributed by atoms with Crippen LogP contribution in [-0.2, 0) is 10.8 Å². The van der Waals surface area contributed by atoms with Gasteiger partial charge in [0.1, 0.15) is 0 Å². The Labute approximate surface area is 366 Å². The molecule has 0 bridgehead atoms. The van der Waals surface area contributed by atoms with Crippen LogP contribution in [0.5, 0.6) is 0 Å². The molecule has 0 saturated heterocycles. The summed E-state index contributed by atoms with van der Waals surface area (Å²) in [5.41, 5.74) is 19.4. The average Bonchev–Trinajstić information content (AvgIpc) is 3.85. The highest BCUT2D eigenvalue weighted by atomic mass is 28.3. The van der Waals surface area contributed by atoms with Crippen molar-refractivity contribution in [2.24, 2.45) is 0 Å². The Bertz CT molecular complexity index is 3080. The molecule has 296 valence electrons. The fraction of sp³-hybridized carbons (Fsp3) is 0.100. The molecule has 12 rings (SSSR count). The molecule has 0 N–H and O–H groups in total. The van der Waals surface area contributed by atoms with Gasteiger partial charge in [0.25, 0.3) is 0 Å². The Hall–Kier alpha value is -7.00. The van der Waals surface area contributed by atoms with Gasteiger partial charge in [-0.2, -0.15) is 0 Å². The standard InChI is InChI=1S/C60H47NSi/c1-59(2)52-26-14-11-22-47(52)49-36-34-42(38-54(49)59)61(43-35-37-50-48-23-12-15-27-53(48)60(3,4)55(50)39-43)41-32-30-40(31-33-41)46-25-17-29-57-58(46)51-24-13-16-28-56(51)62(57,44-18-7-5-8-19-44)45-20-9-6-10-21-45/h5-39H,1-4H3. The normalized spacial score (nSPS) is 15.2. The van der Waals surface area contributed by atoms with E-state index in [9.17, 15) is 0 Å². The Kier molecular flexibility index (Phi) is 8.02. The molecule has 0 fully saturated rings. The number of rotatable bonds is 6. The van der Waals surface area contributed by atoms with Gasteiger partial charge in [-0.1, -0.05) is 204 Å². The molecular weight excluding hydrogens is 763 g/mol. The summed E-state index contributed by atoms with van der Waals surface area (Å²) in [6.07, 6.45) is 0. The zero-order valence-corrected chi connectivity index (χ0v) is 36.7. The molecule has 1 heterocycles. The first-order valence-electron chi connectivity index (χ1n) is 22.0. The molecule has 1 nitrogen and oxygen atoms in total. The molecule has 9 aromatic rings. The van der Waals surface area contributed by atoms with Crippen LogP contribution in [-0.4, -0.2) is 8.07 Å². The quantitative estimate of drug-likeness (QED) is 0.151. The highest BCUT2D eigenvalue weighted by Crippen LogP contribution is 2.53. The highest BCUT2D eigenvalue weighted by Gasteiger charge is 2.49. The topological polar surface area (TPSA) is 3.24 Å². The Morgan fingerprint density at radius 3 is 1.29 bits per heavy atom. The van der Waals surface area contributed by atoms with Crippen molar-refractivity contribution in [3.63, 3.8) is 0 Å². The molecule has 0 spiro atoms. The van der Waals surface area contributed by atoms with Gasteiger partial charge >= 0.3 is 0 Å². The third-order valence-electron chi connectivity index (χ3n) is 14.6. The van der Waals surface area contributed by atoms with Crippen molar-refractivity contribution in [2.75, 3.05) is 4.90 Å². The summed E-state index contributed by atoms with van der Waals surface area (Å²) in [5, 5.41) is 5.76. The highest BCUT2D eigenvalue weighted by molar-refractivity contribution is 7.22. The van der Waals surface area contributed by atoms with Gasteiger partial charge in [0.2, 0.25) is 0 Å². The maximum atomic E-state index is 2.48. The zero-order chi connectivity index (χ0) is 41.8. The Morgan fingerprint density at radius 2 is 0.742 bits per heavy atom. The molecule has 0 saturated carbocycles. The number of nitrogens with zero attached hydrogens (tertiary/aromatic N) is 1. The van der Waals surface area contributed by atoms with E-state index < -0.39 is 8.07 Å². The molecule has 0 radical (unpaired) electrons. The van der Waals surface area contributed by atoms with E-state index in [1.807, 2.05) is 0 Å². The predicted molar refractivity (Wildman–Crippen MR) is 264 cm³/mol. The van der Waals surface area contributed by atoms with Crippen molar-refractivity contribution in [1.29, 1.82) is 0 Å². The van der Waals surface area contributed by atoms with Gasteiger partial charge in [-0.25, -0.2) is 0 Å². The monoisotopic (exact) mass is 809 g/mol. The van der Waals surface area contributed by atoms with E-state index in [4.69, 9.17) is 0 Å². The van der Waals surface area contributed by atoms with Crippen LogP contribution >= 0.6 is 0 Å². The summed E-state index contributed by atoms with van der Waals surface area (Å²) < 4.78 is 0. The molecule has 0 unspecified atom stereocenters. The van der Waals surface area contributed by atoms with Crippen LogP contribution in [0.4, 0.5) is 17.1 Å². The lowest BCUT2D eigenvalue weighted by atomic mass is 9.82. The number of hydrogen-bond donors (Lipinski definition) is 0. The predicted octanol–water partition coefficient (Wildman–Crippen LogP) is 12.8. The third-order valence-corrected chi connectivity index (χ3v) is 19.4. The fourth-order valence-corrected chi connectivity index (χ4v) is 16.8. The van der Waals surface area contributed by atoms with Crippen molar-refractivity contribution < 1.29 is 0 Å². The minimum Gasteiger partial charge on any atom is -0.310 e. The number of fused-ring (bicyclic) bond motifs is 9. The van der Waals surface area contributed by atoms with Gasteiger partial charge in [0, 0.05) is 27.9 Å². The number of benzene rings is 9. The van der Waals surface area contributed by atoms with E-state index in [2.05, 4.69) is 245 Å². The van der Waals surface area contributed by atoms with Crippen LogP contribution in [0.3, 0.4) is 0 Å². The molecule has 0 aromatic heterocycles. The number of hydrogen-bond acceptors (Lipinski definition) is 1. The summed E-state index contributed by atoms with van der Waals surface area (Å²) in [7, 11) is -2.60. The Morgan fingerprint density at radius 1 is 0.323 bits per heavy atom. The molecule has 1 aliphatic heterocycles. The molecule has 0 atom stereocenters. The van der Waals surface area contributed by atoms with Crippen LogP contribution < -0.4 is 25.6 Å². The maximum absolute atomic E-state index is 2.60. The largest absolute Gasteiger partial charge is 0.310 e. The van der Waals surface area contributed by atoms with Crippen LogP contribution in [0, 0.1) is 0 Å². The first-order valence-corrected chi connectivity index (χ1v) is 24.0. The molecular formula is C60H47NSi. The molecule has 2 heteroatoms. The molecule has 62 heavy (non-hydrogen) atoms. The van der Waals surface area contributed by atoms with Gasteiger partial charge in [-0.15, -0.1) is 0 Å². The number of anilines is 3. The van der Waals surface area contributed by atoms with E-state index in [0.29, 0.717) is 0 Å². The minimum absolute atomic E-state index is 0.110. The van der Waals surface area contributed by atoms with E-state index in [-0.39, 0.29) is 10.8 Å². The van der Waals surface area contributed by atoms with Crippen LogP contribution in [0.2, 0.25) is 0 Å². The van der Waals surface area contributed by atoms with Crippen molar-refractivity contribution in [3.05, 3.63) is 235 Å². The lowest BCUT2D eigenvalue weighted by Crippen LogP contribution is -2.72. The van der Waals surface area contributed by atoms with Gasteiger partial charge in [-0.3, -0.25) is 0 Å². The minimum atomic E-state index is -2.60. The van der Waals surface area contributed by atoms with Crippen molar-refractivity contribution in [2.45, 2.75) is 38.5 Å². The second-order valence-electron chi connectivity index (χ2n) is 18.4. The van der Waals surface area contributed by atoms with Crippen LogP contribution in [0.1, 0.15) is 49.9 Å². The Balaban J connectivity index is 1.03. The van der Waals surface area contributed by atoms with Crippen LogP contribution in [0.15, 0.2) is 212 Å². The lowest BCUT2D eigenvalue weighted by Gasteiger charge is -2.31.